The first-order valence-electron chi connectivity index (χ1n) is 9.60. The summed E-state index contributed by atoms with van der Waals surface area (Å²) in [5, 5.41) is 0. The Labute approximate surface area is 152 Å². The van der Waals surface area contributed by atoms with Gasteiger partial charge in [-0.3, -0.25) is 14.5 Å². The lowest BCUT2D eigenvalue weighted by molar-refractivity contribution is -0.145. The second-order valence-corrected chi connectivity index (χ2v) is 7.83. The predicted molar refractivity (Wildman–Crippen MR) is 95.6 cm³/mol. The van der Waals surface area contributed by atoms with Crippen LogP contribution in [0, 0.1) is 11.8 Å². The van der Waals surface area contributed by atoms with Gasteiger partial charge >= 0.3 is 0 Å². The van der Waals surface area contributed by atoms with Crippen LogP contribution in [0.5, 0.6) is 0 Å². The van der Waals surface area contributed by atoms with E-state index in [-0.39, 0.29) is 23.9 Å². The fourth-order valence-electron chi connectivity index (χ4n) is 5.37. The highest BCUT2D eigenvalue weighted by atomic mass is 16.2. The summed E-state index contributed by atoms with van der Waals surface area (Å²) in [6.07, 6.45) is 8.05. The van der Waals surface area contributed by atoms with E-state index in [2.05, 4.69) is 6.08 Å². The van der Waals surface area contributed by atoms with E-state index in [1.54, 1.807) is 0 Å². The van der Waals surface area contributed by atoms with Gasteiger partial charge in [0.1, 0.15) is 6.29 Å². The number of fused-ring (bicyclic) bond motifs is 3. The highest BCUT2D eigenvalue weighted by Gasteiger charge is 2.65. The Morgan fingerprint density at radius 2 is 1.62 bits per heavy atom. The van der Waals surface area contributed by atoms with E-state index < -0.39 is 17.9 Å². The first-order valence-corrected chi connectivity index (χ1v) is 9.60. The van der Waals surface area contributed by atoms with Crippen LogP contribution in [0.1, 0.15) is 37.7 Å². The van der Waals surface area contributed by atoms with E-state index in [4.69, 9.17) is 0 Å². The zero-order valence-corrected chi connectivity index (χ0v) is 14.6. The summed E-state index contributed by atoms with van der Waals surface area (Å²) in [5.74, 6) is -1.11. The molecule has 5 heteroatoms. The number of carbonyl (C=O) groups is 3. The van der Waals surface area contributed by atoms with Crippen LogP contribution < -0.4 is 0 Å². The molecule has 0 aromatic heterocycles. The number of amides is 2. The van der Waals surface area contributed by atoms with Crippen LogP contribution in [-0.2, 0) is 14.4 Å². The third-order valence-electron chi connectivity index (χ3n) is 6.57. The molecule has 1 saturated carbocycles. The number of hydrogen-bond donors (Lipinski definition) is 0. The normalized spacial score (nSPS) is 33.6. The van der Waals surface area contributed by atoms with Crippen molar-refractivity contribution in [2.45, 2.75) is 50.2 Å². The van der Waals surface area contributed by atoms with Crippen molar-refractivity contribution >= 4 is 23.8 Å². The molecule has 5 nitrogen and oxygen atoms in total. The summed E-state index contributed by atoms with van der Waals surface area (Å²) >= 11 is 0. The van der Waals surface area contributed by atoms with E-state index in [9.17, 15) is 14.4 Å². The predicted octanol–water partition coefficient (Wildman–Crippen LogP) is 2.23. The summed E-state index contributed by atoms with van der Waals surface area (Å²) in [7, 11) is 0. The van der Waals surface area contributed by atoms with E-state index in [0.717, 1.165) is 43.2 Å². The molecule has 0 spiro atoms. The topological polar surface area (TPSA) is 57.7 Å². The van der Waals surface area contributed by atoms with Crippen molar-refractivity contribution in [2.75, 3.05) is 0 Å². The number of benzene rings is 1. The van der Waals surface area contributed by atoms with Crippen LogP contribution in [0.25, 0.3) is 5.70 Å². The number of nitrogens with zero attached hydrogens (tertiary/aromatic N) is 2. The summed E-state index contributed by atoms with van der Waals surface area (Å²) in [5.41, 5.74) is 1.99. The fraction of sp³-hybridized carbons (Fsp3) is 0.476. The molecular formula is C21H22N2O3. The molecule has 0 N–H and O–H groups in total. The highest BCUT2D eigenvalue weighted by molar-refractivity contribution is 6.09. The van der Waals surface area contributed by atoms with Gasteiger partial charge in [0.2, 0.25) is 11.8 Å². The Morgan fingerprint density at radius 3 is 2.31 bits per heavy atom. The summed E-state index contributed by atoms with van der Waals surface area (Å²) in [6, 6.07) is 9.23. The second-order valence-electron chi connectivity index (χ2n) is 7.83. The van der Waals surface area contributed by atoms with Gasteiger partial charge in [-0.25, -0.2) is 0 Å². The second kappa shape index (κ2) is 5.79. The SMILES string of the molecule is O=CC1[C@H]2C(=O)N(C3CCCCC3)C(=O)[C@H]2C2C=C(c3ccccc3)N12. The van der Waals surface area contributed by atoms with E-state index in [1.807, 2.05) is 35.2 Å². The van der Waals surface area contributed by atoms with Crippen LogP contribution in [0.2, 0.25) is 0 Å². The highest BCUT2D eigenvalue weighted by Crippen LogP contribution is 2.52. The van der Waals surface area contributed by atoms with E-state index in [1.165, 1.54) is 11.3 Å². The monoisotopic (exact) mass is 350 g/mol. The van der Waals surface area contributed by atoms with Gasteiger partial charge in [0.05, 0.1) is 23.9 Å². The van der Waals surface area contributed by atoms with Gasteiger partial charge in [0.15, 0.2) is 0 Å². The first-order chi connectivity index (χ1) is 12.7. The van der Waals surface area contributed by atoms with E-state index in [0.29, 0.717) is 0 Å². The molecule has 4 atom stereocenters. The van der Waals surface area contributed by atoms with Gasteiger partial charge in [-0.2, -0.15) is 0 Å². The lowest BCUT2D eigenvalue weighted by Crippen LogP contribution is -2.50. The Morgan fingerprint density at radius 1 is 0.923 bits per heavy atom. The molecule has 2 saturated heterocycles. The Hall–Kier alpha value is -2.43. The van der Waals surface area contributed by atoms with Crippen molar-refractivity contribution in [2.24, 2.45) is 11.8 Å². The lowest BCUT2D eigenvalue weighted by Gasteiger charge is -2.42. The molecule has 3 aliphatic heterocycles. The largest absolute Gasteiger partial charge is 0.353 e. The maximum absolute atomic E-state index is 13.1. The molecule has 0 radical (unpaired) electrons. The van der Waals surface area contributed by atoms with Crippen molar-refractivity contribution < 1.29 is 14.4 Å². The average Bonchev–Trinajstić information content (AvgIpc) is 3.06. The molecule has 3 heterocycles. The van der Waals surface area contributed by atoms with Crippen LogP contribution in [0.4, 0.5) is 0 Å². The number of likely N-dealkylation sites (tertiary alicyclic amines) is 1. The standard InChI is InChI=1S/C21H22N2O3/c24-12-17-19-18(16-11-15(23(16)17)13-7-3-1-4-8-13)20(25)22(21(19)26)14-9-5-2-6-10-14/h1,3-4,7-8,11-12,14,16-19H,2,5-6,9-10H2/t16?,17?,18-,19+/m0/s1. The van der Waals surface area contributed by atoms with Gasteiger partial charge in [-0.15, -0.1) is 0 Å². The molecule has 5 rings (SSSR count). The van der Waals surface area contributed by atoms with Crippen molar-refractivity contribution in [3.63, 3.8) is 0 Å². The molecule has 1 aliphatic carbocycles. The van der Waals surface area contributed by atoms with Gasteiger partial charge in [0.25, 0.3) is 0 Å². The number of imide groups is 1. The first kappa shape index (κ1) is 15.8. The van der Waals surface area contributed by atoms with Crippen molar-refractivity contribution in [3.8, 4) is 0 Å². The van der Waals surface area contributed by atoms with E-state index >= 15 is 0 Å². The molecule has 3 fully saturated rings. The summed E-state index contributed by atoms with van der Waals surface area (Å²) in [4.78, 5) is 41.7. The summed E-state index contributed by atoms with van der Waals surface area (Å²) < 4.78 is 0. The minimum atomic E-state index is -0.532. The number of aldehydes is 1. The van der Waals surface area contributed by atoms with Crippen LogP contribution in [-0.4, -0.2) is 46.0 Å². The zero-order valence-electron chi connectivity index (χ0n) is 14.6. The molecule has 0 bridgehead atoms. The number of hydrogen-bond acceptors (Lipinski definition) is 4. The number of carbonyl (C=O) groups excluding carboxylic acids is 3. The third kappa shape index (κ3) is 2.00. The van der Waals surface area contributed by atoms with Gasteiger partial charge in [-0.05, 0) is 24.5 Å². The molecule has 26 heavy (non-hydrogen) atoms. The van der Waals surface area contributed by atoms with Crippen LogP contribution in [0.15, 0.2) is 36.4 Å². The molecule has 2 amide bonds. The molecule has 1 aromatic carbocycles. The Bertz CT molecular complexity index is 797. The fourth-order valence-corrected chi connectivity index (χ4v) is 5.37. The molecular weight excluding hydrogens is 328 g/mol. The molecule has 1 aromatic rings. The minimum absolute atomic E-state index is 0.0350. The van der Waals surface area contributed by atoms with Gasteiger partial charge in [0, 0.05) is 11.7 Å². The van der Waals surface area contributed by atoms with Crippen LogP contribution >= 0.6 is 0 Å². The smallest absolute Gasteiger partial charge is 0.235 e. The molecule has 134 valence electrons. The van der Waals surface area contributed by atoms with Crippen LogP contribution in [0.3, 0.4) is 0 Å². The molecule has 2 unspecified atom stereocenters. The summed E-state index contributed by atoms with van der Waals surface area (Å²) in [6.45, 7) is 0. The quantitative estimate of drug-likeness (QED) is 0.620. The average molecular weight is 350 g/mol. The number of rotatable bonds is 3. The Kier molecular flexibility index (Phi) is 3.52. The van der Waals surface area contributed by atoms with Crippen molar-refractivity contribution in [1.82, 2.24) is 9.80 Å². The van der Waals surface area contributed by atoms with Gasteiger partial charge < -0.3 is 9.69 Å². The third-order valence-corrected chi connectivity index (χ3v) is 6.57. The minimum Gasteiger partial charge on any atom is -0.353 e. The van der Waals surface area contributed by atoms with Crippen molar-refractivity contribution in [1.29, 1.82) is 0 Å². The van der Waals surface area contributed by atoms with Gasteiger partial charge in [-0.1, -0.05) is 49.6 Å². The maximum atomic E-state index is 13.1. The van der Waals surface area contributed by atoms with Crippen molar-refractivity contribution in [3.05, 3.63) is 42.0 Å². The Balaban J connectivity index is 1.48. The zero-order chi connectivity index (χ0) is 17.8. The maximum Gasteiger partial charge on any atom is 0.235 e. The molecule has 4 aliphatic rings. The lowest BCUT2D eigenvalue weighted by atomic mass is 9.88.